The summed E-state index contributed by atoms with van der Waals surface area (Å²) in [4.78, 5) is 0. The molecule has 2 rings (SSSR count). The molecule has 1 N–H and O–H groups in total. The van der Waals surface area contributed by atoms with Gasteiger partial charge in [0.15, 0.2) is 0 Å². The van der Waals surface area contributed by atoms with E-state index in [0.717, 1.165) is 6.42 Å². The summed E-state index contributed by atoms with van der Waals surface area (Å²) in [5, 5.41) is 6.19. The van der Waals surface area contributed by atoms with E-state index in [-0.39, 0.29) is 0 Å². The Balaban J connectivity index is 2.07. The fourth-order valence-corrected chi connectivity index (χ4v) is 2.82. The normalized spacial score (nSPS) is 12.4. The molecule has 0 fully saturated rings. The van der Waals surface area contributed by atoms with Gasteiger partial charge in [-0.05, 0) is 42.6 Å². The van der Waals surface area contributed by atoms with Gasteiger partial charge < -0.3 is 5.32 Å². The summed E-state index contributed by atoms with van der Waals surface area (Å²) < 4.78 is 0. The van der Waals surface area contributed by atoms with Crippen LogP contribution in [0, 0.1) is 0 Å². The number of allylic oxidation sites excluding steroid dienone is 1. The van der Waals surface area contributed by atoms with Crippen molar-refractivity contribution in [3.05, 3.63) is 60.7 Å². The number of benzene rings is 2. The first kappa shape index (κ1) is 14.8. The summed E-state index contributed by atoms with van der Waals surface area (Å²) in [7, 11) is 2.07. The number of nitrogens with one attached hydrogen (secondary N) is 1. The van der Waals surface area contributed by atoms with Crippen LogP contribution in [0.1, 0.15) is 43.7 Å². The van der Waals surface area contributed by atoms with Crippen molar-refractivity contribution in [3.63, 3.8) is 0 Å². The fourth-order valence-electron chi connectivity index (χ4n) is 2.82. The van der Waals surface area contributed by atoms with Gasteiger partial charge in [0.1, 0.15) is 0 Å². The van der Waals surface area contributed by atoms with Crippen LogP contribution in [0.25, 0.3) is 10.8 Å². The topological polar surface area (TPSA) is 12.0 Å². The second-order valence-electron chi connectivity index (χ2n) is 5.34. The van der Waals surface area contributed by atoms with E-state index < -0.39 is 0 Å². The molecule has 2 aromatic carbocycles. The van der Waals surface area contributed by atoms with Gasteiger partial charge in [-0.1, -0.05) is 61.4 Å². The minimum atomic E-state index is 0.449. The van der Waals surface area contributed by atoms with E-state index in [1.807, 2.05) is 6.08 Å². The molecule has 0 aliphatic carbocycles. The van der Waals surface area contributed by atoms with Crippen LogP contribution in [-0.4, -0.2) is 7.05 Å². The lowest BCUT2D eigenvalue weighted by atomic mass is 9.95. The van der Waals surface area contributed by atoms with E-state index in [0.29, 0.717) is 6.04 Å². The van der Waals surface area contributed by atoms with Crippen LogP contribution in [0.3, 0.4) is 0 Å². The van der Waals surface area contributed by atoms with Crippen LogP contribution in [0.4, 0.5) is 0 Å². The van der Waals surface area contributed by atoms with Gasteiger partial charge in [0.25, 0.3) is 0 Å². The van der Waals surface area contributed by atoms with E-state index in [1.54, 1.807) is 0 Å². The maximum Gasteiger partial charge on any atom is 0.0323 e. The van der Waals surface area contributed by atoms with Crippen molar-refractivity contribution in [2.75, 3.05) is 7.05 Å². The molecular formula is C19H25N. The van der Waals surface area contributed by atoms with Crippen molar-refractivity contribution in [1.82, 2.24) is 5.32 Å². The molecule has 2 aromatic rings. The SMILES string of the molecule is C=CCCCCCC(NC)c1cccc2ccccc12. The van der Waals surface area contributed by atoms with Crippen molar-refractivity contribution in [3.8, 4) is 0 Å². The molecule has 1 unspecified atom stereocenters. The average Bonchev–Trinajstić information content (AvgIpc) is 2.51. The van der Waals surface area contributed by atoms with E-state index in [9.17, 15) is 0 Å². The van der Waals surface area contributed by atoms with E-state index >= 15 is 0 Å². The van der Waals surface area contributed by atoms with Gasteiger partial charge in [0, 0.05) is 6.04 Å². The minimum absolute atomic E-state index is 0.449. The lowest BCUT2D eigenvalue weighted by molar-refractivity contribution is 0.510. The number of hydrogen-bond donors (Lipinski definition) is 1. The van der Waals surface area contributed by atoms with Gasteiger partial charge in [0.05, 0.1) is 0 Å². The van der Waals surface area contributed by atoms with E-state index in [1.165, 1.54) is 42.0 Å². The zero-order chi connectivity index (χ0) is 14.2. The van der Waals surface area contributed by atoms with Gasteiger partial charge >= 0.3 is 0 Å². The number of hydrogen-bond acceptors (Lipinski definition) is 1. The van der Waals surface area contributed by atoms with Crippen LogP contribution in [0.5, 0.6) is 0 Å². The molecule has 0 radical (unpaired) electrons. The zero-order valence-corrected chi connectivity index (χ0v) is 12.4. The Morgan fingerprint density at radius 1 is 1.05 bits per heavy atom. The van der Waals surface area contributed by atoms with Crippen LogP contribution in [0.2, 0.25) is 0 Å². The monoisotopic (exact) mass is 267 g/mol. The van der Waals surface area contributed by atoms with Gasteiger partial charge in [-0.2, -0.15) is 0 Å². The van der Waals surface area contributed by atoms with Crippen LogP contribution < -0.4 is 5.32 Å². The van der Waals surface area contributed by atoms with Crippen molar-refractivity contribution in [2.45, 2.75) is 38.1 Å². The van der Waals surface area contributed by atoms with E-state index in [2.05, 4.69) is 61.4 Å². The highest BCUT2D eigenvalue weighted by atomic mass is 14.9. The molecule has 0 aliphatic heterocycles. The maximum atomic E-state index is 3.78. The van der Waals surface area contributed by atoms with E-state index in [4.69, 9.17) is 0 Å². The lowest BCUT2D eigenvalue weighted by Gasteiger charge is -2.18. The third-order valence-corrected chi connectivity index (χ3v) is 3.95. The fraction of sp³-hybridized carbons (Fsp3) is 0.368. The van der Waals surface area contributed by atoms with Gasteiger partial charge in [-0.25, -0.2) is 0 Å². The molecule has 0 bridgehead atoms. The molecule has 0 amide bonds. The first-order valence-corrected chi connectivity index (χ1v) is 7.62. The Morgan fingerprint density at radius 2 is 1.85 bits per heavy atom. The molecule has 1 atom stereocenters. The summed E-state index contributed by atoms with van der Waals surface area (Å²) in [6, 6.07) is 15.7. The second kappa shape index (κ2) is 7.86. The number of rotatable bonds is 8. The lowest BCUT2D eigenvalue weighted by Crippen LogP contribution is -2.16. The summed E-state index contributed by atoms with van der Waals surface area (Å²) in [5.74, 6) is 0. The smallest absolute Gasteiger partial charge is 0.0323 e. The van der Waals surface area contributed by atoms with Crippen molar-refractivity contribution >= 4 is 10.8 Å². The first-order valence-electron chi connectivity index (χ1n) is 7.62. The minimum Gasteiger partial charge on any atom is -0.313 e. The summed E-state index contributed by atoms with van der Waals surface area (Å²) in [5.41, 5.74) is 1.43. The Morgan fingerprint density at radius 3 is 2.65 bits per heavy atom. The Kier molecular flexibility index (Phi) is 5.82. The molecule has 0 spiro atoms. The molecule has 0 aliphatic rings. The Hall–Kier alpha value is -1.60. The number of fused-ring (bicyclic) bond motifs is 1. The molecule has 0 saturated carbocycles. The first-order chi connectivity index (χ1) is 9.86. The molecule has 0 heterocycles. The maximum absolute atomic E-state index is 3.78. The second-order valence-corrected chi connectivity index (χ2v) is 5.34. The Bertz CT molecular complexity index is 539. The zero-order valence-electron chi connectivity index (χ0n) is 12.4. The highest BCUT2D eigenvalue weighted by Crippen LogP contribution is 2.27. The highest BCUT2D eigenvalue weighted by Gasteiger charge is 2.11. The van der Waals surface area contributed by atoms with Gasteiger partial charge in [-0.15, -0.1) is 6.58 Å². The van der Waals surface area contributed by atoms with Crippen molar-refractivity contribution in [1.29, 1.82) is 0 Å². The predicted octanol–water partition coefficient (Wildman–Crippen LogP) is 5.24. The third kappa shape index (κ3) is 3.71. The molecule has 20 heavy (non-hydrogen) atoms. The molecule has 106 valence electrons. The molecule has 1 nitrogen and oxygen atoms in total. The summed E-state index contributed by atoms with van der Waals surface area (Å²) >= 11 is 0. The molecule has 0 saturated heterocycles. The van der Waals surface area contributed by atoms with Crippen molar-refractivity contribution in [2.24, 2.45) is 0 Å². The average molecular weight is 267 g/mol. The van der Waals surface area contributed by atoms with Crippen molar-refractivity contribution < 1.29 is 0 Å². The summed E-state index contributed by atoms with van der Waals surface area (Å²) in [6.07, 6.45) is 8.16. The molecule has 1 heteroatoms. The standard InChI is InChI=1S/C19H25N/c1-3-4-5-6-7-15-19(20-2)18-14-10-12-16-11-8-9-13-17(16)18/h3,8-14,19-20H,1,4-7,15H2,2H3. The summed E-state index contributed by atoms with van der Waals surface area (Å²) in [6.45, 7) is 3.78. The quantitative estimate of drug-likeness (QED) is 0.509. The highest BCUT2D eigenvalue weighted by molar-refractivity contribution is 5.86. The molecular weight excluding hydrogens is 242 g/mol. The predicted molar refractivity (Wildman–Crippen MR) is 89.0 cm³/mol. The molecule has 0 aromatic heterocycles. The third-order valence-electron chi connectivity index (χ3n) is 3.95. The number of unbranched alkanes of at least 4 members (excludes halogenated alkanes) is 3. The van der Waals surface area contributed by atoms with Gasteiger partial charge in [-0.3, -0.25) is 0 Å². The Labute approximate surface area is 122 Å². The van der Waals surface area contributed by atoms with Crippen LogP contribution >= 0.6 is 0 Å². The van der Waals surface area contributed by atoms with Crippen LogP contribution in [0.15, 0.2) is 55.1 Å². The van der Waals surface area contributed by atoms with Crippen LogP contribution in [-0.2, 0) is 0 Å². The largest absolute Gasteiger partial charge is 0.313 e. The van der Waals surface area contributed by atoms with Gasteiger partial charge in [0.2, 0.25) is 0 Å².